The van der Waals surface area contributed by atoms with Gasteiger partial charge in [-0.2, -0.15) is 0 Å². The summed E-state index contributed by atoms with van der Waals surface area (Å²) in [7, 11) is -2.55. The van der Waals surface area contributed by atoms with E-state index in [0.717, 1.165) is 22.6 Å². The Morgan fingerprint density at radius 3 is 2.73 bits per heavy atom. The Morgan fingerprint density at radius 2 is 2.09 bits per heavy atom. The van der Waals surface area contributed by atoms with Crippen molar-refractivity contribution in [1.29, 1.82) is 0 Å². The average molecular weight is 479 g/mol. The quantitative estimate of drug-likeness (QED) is 0.659. The summed E-state index contributed by atoms with van der Waals surface area (Å²) in [6.07, 6.45) is 3.40. The lowest BCUT2D eigenvalue weighted by molar-refractivity contribution is 0.353. The van der Waals surface area contributed by atoms with Gasteiger partial charge in [-0.05, 0) is 30.7 Å². The number of nitrogens with zero attached hydrogens (tertiary/aromatic N) is 4. The van der Waals surface area contributed by atoms with Gasteiger partial charge in [0, 0.05) is 12.6 Å². The van der Waals surface area contributed by atoms with Crippen LogP contribution in [-0.4, -0.2) is 54.7 Å². The number of ether oxygens (including phenoxy) is 1. The van der Waals surface area contributed by atoms with E-state index in [1.165, 1.54) is 32.3 Å². The monoisotopic (exact) mass is 479 g/mol. The van der Waals surface area contributed by atoms with Gasteiger partial charge in [-0.1, -0.05) is 17.9 Å². The summed E-state index contributed by atoms with van der Waals surface area (Å²) in [6.45, 7) is 0.557. The first-order valence-corrected chi connectivity index (χ1v) is 11.1. The normalized spacial score (nSPS) is 20.0. The first kappa shape index (κ1) is 24.1. The summed E-state index contributed by atoms with van der Waals surface area (Å²) in [5.74, 6) is 2.42. The molecule has 12 heteroatoms. The number of hydrogen-bond donors (Lipinski definition) is 1. The Bertz CT molecular complexity index is 1270. The molecule has 1 atom stereocenters. The first-order chi connectivity index (χ1) is 15.6. The van der Waals surface area contributed by atoms with Crippen molar-refractivity contribution in [3.05, 3.63) is 53.2 Å². The maximum atomic E-state index is 14.7. The number of alkyl halides is 1. The summed E-state index contributed by atoms with van der Waals surface area (Å²) in [5.41, 5.74) is 4.31. The number of hydrogen-bond acceptors (Lipinski definition) is 7. The summed E-state index contributed by atoms with van der Waals surface area (Å²) in [6, 6.07) is 3.73. The predicted molar refractivity (Wildman–Crippen MR) is 117 cm³/mol. The van der Waals surface area contributed by atoms with Crippen molar-refractivity contribution >= 4 is 27.9 Å². The van der Waals surface area contributed by atoms with E-state index in [9.17, 15) is 21.6 Å². The van der Waals surface area contributed by atoms with Crippen molar-refractivity contribution in [2.75, 3.05) is 26.1 Å². The zero-order valence-electron chi connectivity index (χ0n) is 17.7. The highest BCUT2D eigenvalue weighted by atomic mass is 32.2. The molecule has 174 valence electrons. The van der Waals surface area contributed by atoms with Crippen LogP contribution in [0.1, 0.15) is 23.7 Å². The van der Waals surface area contributed by atoms with Crippen molar-refractivity contribution < 1.29 is 26.3 Å². The standard InChI is InChI=1S/C21H20F3N5O3S/c1-21(13-33(30,31)29(2)20(25)28-21)15-9-14(5-6-16(15)23)10-17(24)18-11-27-19(12-26-18)32-8-4-3-7-22/h5-6,9-12H,7-8,13H2,1-2H3,(H2,25,28). The van der Waals surface area contributed by atoms with E-state index in [4.69, 9.17) is 10.5 Å². The van der Waals surface area contributed by atoms with E-state index in [-0.39, 0.29) is 35.3 Å². The Balaban J connectivity index is 1.88. The van der Waals surface area contributed by atoms with Gasteiger partial charge in [0.25, 0.3) is 0 Å². The van der Waals surface area contributed by atoms with E-state index < -0.39 is 39.6 Å². The molecule has 0 saturated heterocycles. The highest BCUT2D eigenvalue weighted by Gasteiger charge is 2.41. The van der Waals surface area contributed by atoms with Crippen LogP contribution in [0.2, 0.25) is 0 Å². The van der Waals surface area contributed by atoms with Crippen LogP contribution in [0.5, 0.6) is 5.88 Å². The lowest BCUT2D eigenvalue weighted by Crippen LogP contribution is -2.50. The van der Waals surface area contributed by atoms with Gasteiger partial charge in [-0.15, -0.1) is 0 Å². The minimum atomic E-state index is -3.81. The molecule has 33 heavy (non-hydrogen) atoms. The van der Waals surface area contributed by atoms with E-state index in [0.29, 0.717) is 0 Å². The molecule has 0 bridgehead atoms. The molecule has 2 aromatic rings. The summed E-state index contributed by atoms with van der Waals surface area (Å²) >= 11 is 0. The molecule has 2 heterocycles. The zero-order valence-corrected chi connectivity index (χ0v) is 18.5. The second-order valence-electron chi connectivity index (χ2n) is 7.21. The molecular weight excluding hydrogens is 459 g/mol. The number of rotatable bonds is 5. The number of aromatic nitrogens is 2. The molecule has 0 radical (unpaired) electrons. The van der Waals surface area contributed by atoms with E-state index in [2.05, 4.69) is 26.8 Å². The van der Waals surface area contributed by atoms with Gasteiger partial charge < -0.3 is 10.5 Å². The Morgan fingerprint density at radius 1 is 1.33 bits per heavy atom. The Hall–Kier alpha value is -3.59. The largest absolute Gasteiger partial charge is 0.463 e. The first-order valence-electron chi connectivity index (χ1n) is 9.52. The third-order valence-electron chi connectivity index (χ3n) is 4.79. The molecule has 1 unspecified atom stereocenters. The smallest absolute Gasteiger partial charge is 0.239 e. The highest BCUT2D eigenvalue weighted by molar-refractivity contribution is 7.89. The SMILES string of the molecule is CN1C(N)=NC(C)(c2cc(C=C(F)c3cnc(OCC#CCF)cn3)ccc2F)CS1(=O)=O. The van der Waals surface area contributed by atoms with Crippen molar-refractivity contribution in [1.82, 2.24) is 14.3 Å². The number of halogens is 3. The number of benzene rings is 1. The van der Waals surface area contributed by atoms with Crippen LogP contribution in [0.25, 0.3) is 11.9 Å². The number of guanidine groups is 1. The van der Waals surface area contributed by atoms with Gasteiger partial charge in [0.1, 0.15) is 23.7 Å². The van der Waals surface area contributed by atoms with Crippen LogP contribution < -0.4 is 10.5 Å². The summed E-state index contributed by atoms with van der Waals surface area (Å²) in [4.78, 5) is 12.0. The van der Waals surface area contributed by atoms with Crippen molar-refractivity contribution in [3.8, 4) is 17.7 Å². The molecule has 1 aromatic carbocycles. The molecule has 0 saturated carbocycles. The van der Waals surface area contributed by atoms with E-state index in [1.54, 1.807) is 0 Å². The van der Waals surface area contributed by atoms with Crippen LogP contribution in [-0.2, 0) is 15.6 Å². The van der Waals surface area contributed by atoms with Crippen molar-refractivity contribution in [2.45, 2.75) is 12.5 Å². The third-order valence-corrected chi connectivity index (χ3v) is 6.73. The van der Waals surface area contributed by atoms with Gasteiger partial charge in [0.15, 0.2) is 12.4 Å². The number of nitrogens with two attached hydrogens (primary N) is 1. The van der Waals surface area contributed by atoms with Gasteiger partial charge in [-0.25, -0.2) is 40.9 Å². The molecule has 0 fully saturated rings. The third kappa shape index (κ3) is 5.43. The van der Waals surface area contributed by atoms with Gasteiger partial charge in [-0.3, -0.25) is 0 Å². The van der Waals surface area contributed by atoms with Crippen LogP contribution in [0, 0.1) is 17.7 Å². The summed E-state index contributed by atoms with van der Waals surface area (Å²) < 4.78 is 72.0. The van der Waals surface area contributed by atoms with Gasteiger partial charge in [0.05, 0.1) is 18.1 Å². The average Bonchev–Trinajstić information content (AvgIpc) is 2.76. The molecule has 0 amide bonds. The molecule has 0 spiro atoms. The molecule has 1 aliphatic heterocycles. The predicted octanol–water partition coefficient (Wildman–Crippen LogP) is 2.24. The van der Waals surface area contributed by atoms with E-state index >= 15 is 0 Å². The fraction of sp³-hybridized carbons (Fsp3) is 0.286. The van der Waals surface area contributed by atoms with Crippen molar-refractivity contribution in [3.63, 3.8) is 0 Å². The molecule has 2 N–H and O–H groups in total. The second-order valence-corrected chi connectivity index (χ2v) is 9.22. The Labute approximate surface area is 189 Å². The lowest BCUT2D eigenvalue weighted by Gasteiger charge is -2.34. The number of aliphatic imine (C=N–C) groups is 1. The molecule has 1 aliphatic rings. The van der Waals surface area contributed by atoms with Crippen molar-refractivity contribution in [2.24, 2.45) is 10.7 Å². The maximum absolute atomic E-state index is 14.7. The molecule has 0 aliphatic carbocycles. The maximum Gasteiger partial charge on any atom is 0.239 e. The molecular formula is C21H20F3N5O3S. The molecule has 3 rings (SSSR count). The Kier molecular flexibility index (Phi) is 6.92. The lowest BCUT2D eigenvalue weighted by atomic mass is 9.92. The van der Waals surface area contributed by atoms with Crippen LogP contribution >= 0.6 is 0 Å². The van der Waals surface area contributed by atoms with Gasteiger partial charge >= 0.3 is 0 Å². The topological polar surface area (TPSA) is 111 Å². The fourth-order valence-electron chi connectivity index (χ4n) is 3.08. The van der Waals surface area contributed by atoms with Crippen LogP contribution in [0.15, 0.2) is 35.6 Å². The van der Waals surface area contributed by atoms with E-state index in [1.807, 2.05) is 0 Å². The molecule has 1 aromatic heterocycles. The zero-order chi connectivity index (χ0) is 24.2. The number of sulfonamides is 1. The second kappa shape index (κ2) is 9.50. The molecule has 8 nitrogen and oxygen atoms in total. The minimum Gasteiger partial charge on any atom is -0.463 e. The highest BCUT2D eigenvalue weighted by Crippen LogP contribution is 2.34. The minimum absolute atomic E-state index is 0.0482. The van der Waals surface area contributed by atoms with Crippen LogP contribution in [0.3, 0.4) is 0 Å². The fourth-order valence-corrected chi connectivity index (χ4v) is 4.53. The van der Waals surface area contributed by atoms with Crippen LogP contribution in [0.4, 0.5) is 13.2 Å². The van der Waals surface area contributed by atoms with Gasteiger partial charge in [0.2, 0.25) is 21.9 Å². The summed E-state index contributed by atoms with van der Waals surface area (Å²) in [5, 5.41) is 0.